The Bertz CT molecular complexity index is 802. The number of rotatable bonds is 5. The van der Waals surface area contributed by atoms with Gasteiger partial charge in [0.15, 0.2) is 0 Å². The molecule has 1 saturated heterocycles. The Kier molecular flexibility index (Phi) is 4.98. The van der Waals surface area contributed by atoms with E-state index in [9.17, 15) is 8.42 Å². The van der Waals surface area contributed by atoms with Gasteiger partial charge in [0.2, 0.25) is 0 Å². The summed E-state index contributed by atoms with van der Waals surface area (Å²) in [6, 6.07) is 3.69. The van der Waals surface area contributed by atoms with E-state index in [0.717, 1.165) is 24.2 Å². The molecular formula is C16H23N5O2S. The van der Waals surface area contributed by atoms with Crippen LogP contribution in [0.4, 0.5) is 0 Å². The Morgan fingerprint density at radius 2 is 2.17 bits per heavy atom. The third-order valence-electron chi connectivity index (χ3n) is 4.33. The Morgan fingerprint density at radius 3 is 2.88 bits per heavy atom. The molecule has 0 spiro atoms. The van der Waals surface area contributed by atoms with Gasteiger partial charge in [0, 0.05) is 43.8 Å². The zero-order chi connectivity index (χ0) is 17.2. The van der Waals surface area contributed by atoms with Gasteiger partial charge in [-0.05, 0) is 31.7 Å². The van der Waals surface area contributed by atoms with Crippen LogP contribution in [0, 0.1) is 12.8 Å². The SMILES string of the molecule is Cc1nccn1-c1ncccc1CNS(=O)(=O)N1CCCC(C)C1. The van der Waals surface area contributed by atoms with Gasteiger partial charge in [-0.3, -0.25) is 4.57 Å². The average molecular weight is 349 g/mol. The molecule has 0 saturated carbocycles. The predicted octanol–water partition coefficient (Wildman–Crippen LogP) is 1.64. The van der Waals surface area contributed by atoms with Crippen LogP contribution in [0.1, 0.15) is 31.2 Å². The number of pyridine rings is 1. The van der Waals surface area contributed by atoms with Gasteiger partial charge < -0.3 is 0 Å². The van der Waals surface area contributed by atoms with Crippen molar-refractivity contribution < 1.29 is 8.42 Å². The quantitative estimate of drug-likeness (QED) is 0.890. The number of piperidine rings is 1. The van der Waals surface area contributed by atoms with Crippen molar-refractivity contribution in [3.8, 4) is 5.82 Å². The minimum absolute atomic E-state index is 0.202. The molecule has 0 aromatic carbocycles. The van der Waals surface area contributed by atoms with Gasteiger partial charge in [0.25, 0.3) is 10.2 Å². The molecule has 1 unspecified atom stereocenters. The van der Waals surface area contributed by atoms with Crippen molar-refractivity contribution in [3.05, 3.63) is 42.1 Å². The topological polar surface area (TPSA) is 80.1 Å². The van der Waals surface area contributed by atoms with Gasteiger partial charge in [-0.25, -0.2) is 9.97 Å². The maximum atomic E-state index is 12.5. The summed E-state index contributed by atoms with van der Waals surface area (Å²) in [5.74, 6) is 1.91. The molecule has 2 aromatic heterocycles. The molecule has 1 aliphatic rings. The number of nitrogens with one attached hydrogen (secondary N) is 1. The zero-order valence-corrected chi connectivity index (χ0v) is 14.8. The van der Waals surface area contributed by atoms with Crippen LogP contribution < -0.4 is 4.72 Å². The van der Waals surface area contributed by atoms with E-state index in [4.69, 9.17) is 0 Å². The maximum Gasteiger partial charge on any atom is 0.279 e. The minimum Gasteiger partial charge on any atom is -0.288 e. The molecule has 24 heavy (non-hydrogen) atoms. The van der Waals surface area contributed by atoms with E-state index in [2.05, 4.69) is 21.6 Å². The van der Waals surface area contributed by atoms with Crippen molar-refractivity contribution in [2.45, 2.75) is 33.2 Å². The third-order valence-corrected chi connectivity index (χ3v) is 5.85. The monoisotopic (exact) mass is 349 g/mol. The lowest BCUT2D eigenvalue weighted by molar-refractivity contribution is 0.278. The summed E-state index contributed by atoms with van der Waals surface area (Å²) in [6.45, 7) is 5.34. The van der Waals surface area contributed by atoms with E-state index in [-0.39, 0.29) is 6.54 Å². The summed E-state index contributed by atoms with van der Waals surface area (Å²) in [7, 11) is -3.48. The number of aryl methyl sites for hydroxylation is 1. The molecule has 0 radical (unpaired) electrons. The van der Waals surface area contributed by atoms with Crippen molar-refractivity contribution in [1.82, 2.24) is 23.6 Å². The second-order valence-electron chi connectivity index (χ2n) is 6.26. The lowest BCUT2D eigenvalue weighted by Crippen LogP contribution is -2.45. The second-order valence-corrected chi connectivity index (χ2v) is 8.02. The van der Waals surface area contributed by atoms with Crippen LogP contribution in [0.5, 0.6) is 0 Å². The maximum absolute atomic E-state index is 12.5. The van der Waals surface area contributed by atoms with Crippen LogP contribution in [0.25, 0.3) is 5.82 Å². The number of imidazole rings is 1. The fourth-order valence-electron chi connectivity index (χ4n) is 3.01. The molecule has 7 nitrogen and oxygen atoms in total. The van der Waals surface area contributed by atoms with Gasteiger partial charge in [-0.1, -0.05) is 13.0 Å². The number of hydrogen-bond acceptors (Lipinski definition) is 4. The largest absolute Gasteiger partial charge is 0.288 e. The Labute approximate surface area is 142 Å². The summed E-state index contributed by atoms with van der Waals surface area (Å²) in [5, 5.41) is 0. The first-order valence-corrected chi connectivity index (χ1v) is 9.60. The highest BCUT2D eigenvalue weighted by molar-refractivity contribution is 7.87. The van der Waals surface area contributed by atoms with Crippen LogP contribution in [0.3, 0.4) is 0 Å². The van der Waals surface area contributed by atoms with E-state index >= 15 is 0 Å². The highest BCUT2D eigenvalue weighted by Gasteiger charge is 2.26. The predicted molar refractivity (Wildman–Crippen MR) is 91.8 cm³/mol. The first kappa shape index (κ1) is 17.1. The van der Waals surface area contributed by atoms with Crippen LogP contribution in [0.2, 0.25) is 0 Å². The van der Waals surface area contributed by atoms with Crippen LogP contribution >= 0.6 is 0 Å². The van der Waals surface area contributed by atoms with E-state index in [1.807, 2.05) is 29.8 Å². The summed E-state index contributed by atoms with van der Waals surface area (Å²) < 4.78 is 31.2. The standard InChI is InChI=1S/C16H23N5O2S/c1-13-5-4-9-20(12-13)24(22,23)19-11-15-6-3-7-18-16(15)21-10-8-17-14(21)2/h3,6-8,10,13,19H,4-5,9,11-12H2,1-2H3. The molecule has 1 aliphatic heterocycles. The van der Waals surface area contributed by atoms with Crippen molar-refractivity contribution in [3.63, 3.8) is 0 Å². The third kappa shape index (κ3) is 3.66. The van der Waals surface area contributed by atoms with Crippen molar-refractivity contribution >= 4 is 10.2 Å². The average Bonchev–Trinajstić information content (AvgIpc) is 2.99. The van der Waals surface area contributed by atoms with Crippen molar-refractivity contribution in [2.75, 3.05) is 13.1 Å². The smallest absolute Gasteiger partial charge is 0.279 e. The summed E-state index contributed by atoms with van der Waals surface area (Å²) in [5.41, 5.74) is 0.812. The number of aromatic nitrogens is 3. The van der Waals surface area contributed by atoms with Gasteiger partial charge in [0.05, 0.1) is 0 Å². The number of hydrogen-bond donors (Lipinski definition) is 1. The molecule has 0 amide bonds. The summed E-state index contributed by atoms with van der Waals surface area (Å²) in [4.78, 5) is 8.58. The zero-order valence-electron chi connectivity index (χ0n) is 14.0. The molecular weight excluding hydrogens is 326 g/mol. The van der Waals surface area contributed by atoms with Gasteiger partial charge in [-0.2, -0.15) is 17.4 Å². The molecule has 3 heterocycles. The van der Waals surface area contributed by atoms with Gasteiger partial charge in [0.1, 0.15) is 11.6 Å². The summed E-state index contributed by atoms with van der Waals surface area (Å²) >= 11 is 0. The molecule has 0 aliphatic carbocycles. The lowest BCUT2D eigenvalue weighted by Gasteiger charge is -2.30. The molecule has 1 N–H and O–H groups in total. The lowest BCUT2D eigenvalue weighted by atomic mass is 10.0. The molecule has 1 fully saturated rings. The van der Waals surface area contributed by atoms with E-state index in [1.165, 1.54) is 0 Å². The molecule has 8 heteroatoms. The number of nitrogens with zero attached hydrogens (tertiary/aromatic N) is 4. The highest BCUT2D eigenvalue weighted by Crippen LogP contribution is 2.18. The molecule has 1 atom stereocenters. The fraction of sp³-hybridized carbons (Fsp3) is 0.500. The molecule has 130 valence electrons. The van der Waals surface area contributed by atoms with Crippen LogP contribution in [-0.4, -0.2) is 40.3 Å². The van der Waals surface area contributed by atoms with E-state index in [1.54, 1.807) is 16.7 Å². The first-order chi connectivity index (χ1) is 11.5. The molecule has 3 rings (SSSR count). The van der Waals surface area contributed by atoms with Gasteiger partial charge >= 0.3 is 0 Å². The fourth-order valence-corrected chi connectivity index (χ4v) is 4.35. The van der Waals surface area contributed by atoms with Crippen LogP contribution in [-0.2, 0) is 16.8 Å². The van der Waals surface area contributed by atoms with Crippen molar-refractivity contribution in [1.29, 1.82) is 0 Å². The normalized spacial score (nSPS) is 19.5. The Balaban J connectivity index is 1.76. The highest BCUT2D eigenvalue weighted by atomic mass is 32.2. The second kappa shape index (κ2) is 7.00. The summed E-state index contributed by atoms with van der Waals surface area (Å²) in [6.07, 6.45) is 7.21. The van der Waals surface area contributed by atoms with Gasteiger partial charge in [-0.15, -0.1) is 0 Å². The van der Waals surface area contributed by atoms with Crippen LogP contribution in [0.15, 0.2) is 30.7 Å². The van der Waals surface area contributed by atoms with E-state index in [0.29, 0.717) is 24.8 Å². The minimum atomic E-state index is -3.48. The Hall–Kier alpha value is -1.77. The molecule has 2 aromatic rings. The van der Waals surface area contributed by atoms with E-state index < -0.39 is 10.2 Å². The van der Waals surface area contributed by atoms with Crippen molar-refractivity contribution in [2.24, 2.45) is 5.92 Å². The first-order valence-electron chi connectivity index (χ1n) is 8.16. The molecule has 0 bridgehead atoms. The Morgan fingerprint density at radius 1 is 1.33 bits per heavy atom.